The molecule has 0 saturated heterocycles. The third kappa shape index (κ3) is 3.35. The van der Waals surface area contributed by atoms with E-state index >= 15 is 0 Å². The summed E-state index contributed by atoms with van der Waals surface area (Å²) in [7, 11) is 0. The largest absolute Gasteiger partial charge is 0.310 e. The minimum absolute atomic E-state index is 0.0341. The number of anilines is 3. The van der Waals surface area contributed by atoms with Gasteiger partial charge in [-0.15, -0.1) is 11.3 Å². The maximum atomic E-state index is 2.56. The van der Waals surface area contributed by atoms with Gasteiger partial charge in [-0.25, -0.2) is 0 Å². The SMILES string of the molecule is CC1(C)c2ccccc2-c2cc(N3c4cccc5c4C(C)(c4ccccc4-5)c4c(-c5cccc6sc7ccccc7c56)cccc43)ccc21. The predicted octanol–water partition coefficient (Wildman–Crippen LogP) is 13.1. The fraction of sp³-hybridized carbons (Fsp3) is 0.106. The van der Waals surface area contributed by atoms with Crippen molar-refractivity contribution in [1.29, 1.82) is 0 Å². The lowest BCUT2D eigenvalue weighted by Crippen LogP contribution is -2.33. The first-order valence-corrected chi connectivity index (χ1v) is 18.1. The first-order chi connectivity index (χ1) is 24.0. The summed E-state index contributed by atoms with van der Waals surface area (Å²) >= 11 is 1.89. The third-order valence-corrected chi connectivity index (χ3v) is 13.0. The van der Waals surface area contributed by atoms with E-state index in [9.17, 15) is 0 Å². The van der Waals surface area contributed by atoms with E-state index in [4.69, 9.17) is 0 Å². The van der Waals surface area contributed by atoms with Crippen molar-refractivity contribution in [1.82, 2.24) is 0 Å². The summed E-state index contributed by atoms with van der Waals surface area (Å²) in [6.07, 6.45) is 0. The highest BCUT2D eigenvalue weighted by atomic mass is 32.1. The van der Waals surface area contributed by atoms with E-state index in [2.05, 4.69) is 171 Å². The van der Waals surface area contributed by atoms with Crippen molar-refractivity contribution in [3.8, 4) is 33.4 Å². The van der Waals surface area contributed by atoms with Crippen LogP contribution < -0.4 is 4.90 Å². The van der Waals surface area contributed by atoms with Gasteiger partial charge in [0.2, 0.25) is 0 Å². The highest BCUT2D eigenvalue weighted by Crippen LogP contribution is 2.64. The molecule has 0 N–H and O–H groups in total. The van der Waals surface area contributed by atoms with Crippen LogP contribution in [0, 0.1) is 0 Å². The summed E-state index contributed by atoms with van der Waals surface area (Å²) in [6, 6.07) is 55.0. The van der Waals surface area contributed by atoms with Crippen molar-refractivity contribution in [2.45, 2.75) is 31.6 Å². The number of thiophene rings is 1. The Morgan fingerprint density at radius 3 is 1.78 bits per heavy atom. The lowest BCUT2D eigenvalue weighted by Gasteiger charge is -2.43. The van der Waals surface area contributed by atoms with Crippen LogP contribution in [0.3, 0.4) is 0 Å². The second-order valence-corrected chi connectivity index (χ2v) is 15.7. The van der Waals surface area contributed by atoms with Gasteiger partial charge in [-0.1, -0.05) is 123 Å². The zero-order chi connectivity index (χ0) is 32.6. The molecule has 0 amide bonds. The normalized spacial score (nSPS) is 17.5. The molecule has 7 aromatic carbocycles. The molecule has 232 valence electrons. The summed E-state index contributed by atoms with van der Waals surface area (Å²) < 4.78 is 2.67. The van der Waals surface area contributed by atoms with Gasteiger partial charge < -0.3 is 4.90 Å². The molecular formula is C47H33NS. The smallest absolute Gasteiger partial charge is 0.0512 e. The van der Waals surface area contributed by atoms with Gasteiger partial charge in [-0.2, -0.15) is 0 Å². The first-order valence-electron chi connectivity index (χ1n) is 17.3. The lowest BCUT2D eigenvalue weighted by atomic mass is 9.68. The van der Waals surface area contributed by atoms with Gasteiger partial charge in [-0.05, 0) is 105 Å². The Labute approximate surface area is 290 Å². The molecule has 8 aromatic rings. The minimum Gasteiger partial charge on any atom is -0.310 e. The summed E-state index contributed by atoms with van der Waals surface area (Å²) in [5.41, 5.74) is 18.3. The molecule has 11 rings (SSSR count). The van der Waals surface area contributed by atoms with Crippen LogP contribution in [0.1, 0.15) is 48.6 Å². The van der Waals surface area contributed by atoms with E-state index in [0.717, 1.165) is 0 Å². The molecule has 0 saturated carbocycles. The van der Waals surface area contributed by atoms with Crippen molar-refractivity contribution >= 4 is 48.6 Å². The highest BCUT2D eigenvalue weighted by molar-refractivity contribution is 7.25. The maximum Gasteiger partial charge on any atom is 0.0512 e. The molecule has 1 aliphatic heterocycles. The molecule has 0 radical (unpaired) electrons. The Kier molecular flexibility index (Phi) is 5.26. The quantitative estimate of drug-likeness (QED) is 0.181. The Bertz CT molecular complexity index is 2730. The van der Waals surface area contributed by atoms with E-state index in [1.54, 1.807) is 0 Å². The predicted molar refractivity (Wildman–Crippen MR) is 208 cm³/mol. The molecule has 1 nitrogen and oxygen atoms in total. The molecule has 1 atom stereocenters. The highest BCUT2D eigenvalue weighted by Gasteiger charge is 2.49. The molecule has 1 aromatic heterocycles. The van der Waals surface area contributed by atoms with Crippen molar-refractivity contribution in [2.24, 2.45) is 0 Å². The molecule has 1 unspecified atom stereocenters. The van der Waals surface area contributed by atoms with E-state index in [0.29, 0.717) is 0 Å². The van der Waals surface area contributed by atoms with Gasteiger partial charge in [-0.3, -0.25) is 0 Å². The van der Waals surface area contributed by atoms with E-state index in [1.165, 1.54) is 98.4 Å². The van der Waals surface area contributed by atoms with Crippen molar-refractivity contribution in [3.05, 3.63) is 173 Å². The number of nitrogens with zero attached hydrogens (tertiary/aromatic N) is 1. The number of hydrogen-bond acceptors (Lipinski definition) is 2. The Morgan fingerprint density at radius 1 is 0.449 bits per heavy atom. The fourth-order valence-electron chi connectivity index (χ4n) is 9.76. The summed E-state index contributed by atoms with van der Waals surface area (Å²) in [5, 5.41) is 2.69. The number of benzene rings is 7. The van der Waals surface area contributed by atoms with Crippen LogP contribution in [0.4, 0.5) is 17.1 Å². The second-order valence-electron chi connectivity index (χ2n) is 14.6. The van der Waals surface area contributed by atoms with Gasteiger partial charge in [0, 0.05) is 36.7 Å². The standard InChI is InChI=1S/C47H33NS/c1-46(2)36-19-7-4-14-30(36)35-27-28(25-26-37(35)46)48-39-21-10-17-32-29-13-5-8-20-38(29)47(3,44(32)39)45-33(18-11-22-40(45)48)31-16-12-24-42-43(31)34-15-6-9-23-41(34)49-42/h4-27H,1-3H3. The van der Waals surface area contributed by atoms with Crippen LogP contribution in [-0.4, -0.2) is 0 Å². The van der Waals surface area contributed by atoms with Crippen LogP contribution in [0.5, 0.6) is 0 Å². The van der Waals surface area contributed by atoms with E-state index in [1.807, 2.05) is 11.3 Å². The molecule has 0 spiro atoms. The number of hydrogen-bond donors (Lipinski definition) is 0. The zero-order valence-corrected chi connectivity index (χ0v) is 28.5. The van der Waals surface area contributed by atoms with Crippen molar-refractivity contribution in [2.75, 3.05) is 4.90 Å². The van der Waals surface area contributed by atoms with Crippen LogP contribution in [0.25, 0.3) is 53.6 Å². The topological polar surface area (TPSA) is 3.24 Å². The molecule has 2 aliphatic carbocycles. The van der Waals surface area contributed by atoms with Gasteiger partial charge in [0.05, 0.1) is 11.4 Å². The Morgan fingerprint density at radius 2 is 1.00 bits per heavy atom. The van der Waals surface area contributed by atoms with Gasteiger partial charge in [0.15, 0.2) is 0 Å². The summed E-state index contributed by atoms with van der Waals surface area (Å²) in [5.74, 6) is 0. The van der Waals surface area contributed by atoms with Gasteiger partial charge in [0.25, 0.3) is 0 Å². The molecule has 0 bridgehead atoms. The van der Waals surface area contributed by atoms with Crippen LogP contribution in [0.2, 0.25) is 0 Å². The molecule has 3 aliphatic rings. The first kappa shape index (κ1) is 27.5. The average molecular weight is 644 g/mol. The molecule has 0 fully saturated rings. The van der Waals surface area contributed by atoms with Crippen LogP contribution in [-0.2, 0) is 10.8 Å². The van der Waals surface area contributed by atoms with Gasteiger partial charge >= 0.3 is 0 Å². The van der Waals surface area contributed by atoms with Gasteiger partial charge in [0.1, 0.15) is 0 Å². The fourth-order valence-corrected chi connectivity index (χ4v) is 10.9. The molecule has 2 heteroatoms. The van der Waals surface area contributed by atoms with Crippen molar-refractivity contribution in [3.63, 3.8) is 0 Å². The summed E-state index contributed by atoms with van der Waals surface area (Å²) in [6.45, 7) is 7.21. The monoisotopic (exact) mass is 643 g/mol. The second kappa shape index (κ2) is 9.37. The molecular weight excluding hydrogens is 611 g/mol. The lowest BCUT2D eigenvalue weighted by molar-refractivity contribution is 0.660. The van der Waals surface area contributed by atoms with E-state index < -0.39 is 0 Å². The Hall–Kier alpha value is -5.44. The number of rotatable bonds is 2. The zero-order valence-electron chi connectivity index (χ0n) is 27.7. The van der Waals surface area contributed by atoms with Crippen LogP contribution >= 0.6 is 11.3 Å². The minimum atomic E-state index is -0.329. The molecule has 2 heterocycles. The molecule has 49 heavy (non-hydrogen) atoms. The van der Waals surface area contributed by atoms with Crippen molar-refractivity contribution < 1.29 is 0 Å². The van der Waals surface area contributed by atoms with E-state index in [-0.39, 0.29) is 10.8 Å². The average Bonchev–Trinajstić information content (AvgIpc) is 3.73. The van der Waals surface area contributed by atoms with Crippen LogP contribution in [0.15, 0.2) is 146 Å². The maximum absolute atomic E-state index is 2.56. The Balaban J connectivity index is 1.25. The summed E-state index contributed by atoms with van der Waals surface area (Å²) in [4.78, 5) is 2.56. The number of fused-ring (bicyclic) bond motifs is 11. The third-order valence-electron chi connectivity index (χ3n) is 11.8.